The van der Waals surface area contributed by atoms with Crippen LogP contribution >= 0.6 is 0 Å². The molecular weight excluding hydrogens is 170 g/mol. The first kappa shape index (κ1) is 10.2. The summed E-state index contributed by atoms with van der Waals surface area (Å²) < 4.78 is 24.1. The van der Waals surface area contributed by atoms with Gasteiger partial charge in [0.05, 0.1) is 0 Å². The van der Waals surface area contributed by atoms with Gasteiger partial charge in [0.1, 0.15) is 0 Å². The maximum Gasteiger partial charge on any atom is 0.242 e. The summed E-state index contributed by atoms with van der Waals surface area (Å²) in [5, 5.41) is 0. The van der Waals surface area contributed by atoms with E-state index in [-0.39, 0.29) is 6.42 Å². The van der Waals surface area contributed by atoms with Crippen molar-refractivity contribution < 1.29 is 8.78 Å². The van der Waals surface area contributed by atoms with Crippen LogP contribution in [0.4, 0.5) is 8.78 Å². The molecule has 0 aliphatic carbocycles. The van der Waals surface area contributed by atoms with E-state index in [1.165, 1.54) is 0 Å². The van der Waals surface area contributed by atoms with E-state index in [1.807, 2.05) is 18.2 Å². The smallest absolute Gasteiger partial charge is 0.210 e. The highest BCUT2D eigenvalue weighted by Gasteiger charge is 2.05. The highest BCUT2D eigenvalue weighted by atomic mass is 19.3. The third-order valence-electron chi connectivity index (χ3n) is 2.01. The fourth-order valence-electron chi connectivity index (χ4n) is 1.26. The molecule has 0 atom stereocenters. The van der Waals surface area contributed by atoms with Gasteiger partial charge in [0, 0.05) is 6.42 Å². The molecule has 72 valence electrons. The van der Waals surface area contributed by atoms with Gasteiger partial charge >= 0.3 is 0 Å². The second-order valence-corrected chi connectivity index (χ2v) is 3.49. The van der Waals surface area contributed by atoms with Crippen molar-refractivity contribution in [3.8, 4) is 0 Å². The van der Waals surface area contributed by atoms with Crippen molar-refractivity contribution >= 4 is 0 Å². The summed E-state index contributed by atoms with van der Waals surface area (Å²) in [5.41, 5.74) is 1.85. The lowest BCUT2D eigenvalue weighted by molar-refractivity contribution is 0.149. The molecule has 0 fully saturated rings. The van der Waals surface area contributed by atoms with Crippen LogP contribution in [-0.2, 0) is 6.42 Å². The number of hydrogen-bond donors (Lipinski definition) is 0. The van der Waals surface area contributed by atoms with Crippen LogP contribution in [-0.4, -0.2) is 6.43 Å². The summed E-state index contributed by atoms with van der Waals surface area (Å²) in [7, 11) is 0. The lowest BCUT2D eigenvalue weighted by Crippen LogP contribution is -1.98. The van der Waals surface area contributed by atoms with Gasteiger partial charge in [0.25, 0.3) is 0 Å². The number of benzene rings is 1. The van der Waals surface area contributed by atoms with Crippen LogP contribution in [0.5, 0.6) is 0 Å². The standard InChI is InChI=1S/C11H14F2/c1-8(2)10-5-3-4-9(6-10)7-11(12)13/h3-6,8,11H,7H2,1-2H3. The molecule has 0 aliphatic rings. The van der Waals surface area contributed by atoms with E-state index < -0.39 is 6.43 Å². The van der Waals surface area contributed by atoms with Crippen LogP contribution in [0.1, 0.15) is 30.9 Å². The predicted octanol–water partition coefficient (Wildman–Crippen LogP) is 3.62. The van der Waals surface area contributed by atoms with Crippen molar-refractivity contribution in [2.45, 2.75) is 32.6 Å². The zero-order valence-corrected chi connectivity index (χ0v) is 7.93. The van der Waals surface area contributed by atoms with Gasteiger partial charge < -0.3 is 0 Å². The van der Waals surface area contributed by atoms with Gasteiger partial charge in [-0.1, -0.05) is 38.1 Å². The van der Waals surface area contributed by atoms with Crippen LogP contribution < -0.4 is 0 Å². The zero-order valence-electron chi connectivity index (χ0n) is 7.93. The van der Waals surface area contributed by atoms with E-state index in [1.54, 1.807) is 6.07 Å². The molecule has 0 spiro atoms. The Kier molecular flexibility index (Phi) is 3.40. The van der Waals surface area contributed by atoms with Crippen molar-refractivity contribution in [2.24, 2.45) is 0 Å². The van der Waals surface area contributed by atoms with E-state index in [9.17, 15) is 8.78 Å². The minimum absolute atomic E-state index is 0.138. The monoisotopic (exact) mass is 184 g/mol. The SMILES string of the molecule is CC(C)c1cccc(CC(F)F)c1. The molecule has 0 nitrogen and oxygen atoms in total. The minimum atomic E-state index is -2.25. The highest BCUT2D eigenvalue weighted by molar-refractivity contribution is 5.25. The van der Waals surface area contributed by atoms with Gasteiger partial charge in [-0.3, -0.25) is 0 Å². The molecule has 0 heterocycles. The Morgan fingerprint density at radius 1 is 1.23 bits per heavy atom. The van der Waals surface area contributed by atoms with Gasteiger partial charge in [-0.2, -0.15) is 0 Å². The summed E-state index contributed by atoms with van der Waals surface area (Å²) in [4.78, 5) is 0. The van der Waals surface area contributed by atoms with Crippen molar-refractivity contribution in [3.63, 3.8) is 0 Å². The molecule has 0 bridgehead atoms. The Hall–Kier alpha value is -0.920. The van der Waals surface area contributed by atoms with E-state index in [0.29, 0.717) is 5.92 Å². The molecule has 0 aromatic heterocycles. The average Bonchev–Trinajstić information content (AvgIpc) is 2.03. The third-order valence-corrected chi connectivity index (χ3v) is 2.01. The zero-order chi connectivity index (χ0) is 9.84. The number of hydrogen-bond acceptors (Lipinski definition) is 0. The van der Waals surface area contributed by atoms with Gasteiger partial charge in [-0.15, -0.1) is 0 Å². The Morgan fingerprint density at radius 2 is 1.92 bits per heavy atom. The predicted molar refractivity (Wildman–Crippen MR) is 50.2 cm³/mol. The normalized spacial score (nSPS) is 11.2. The molecule has 0 saturated carbocycles. The topological polar surface area (TPSA) is 0 Å². The third kappa shape index (κ3) is 3.13. The fourth-order valence-corrected chi connectivity index (χ4v) is 1.26. The Balaban J connectivity index is 2.79. The molecule has 0 aliphatic heterocycles. The first-order chi connectivity index (χ1) is 6.09. The molecule has 1 rings (SSSR count). The molecule has 0 amide bonds. The van der Waals surface area contributed by atoms with Crippen molar-refractivity contribution in [2.75, 3.05) is 0 Å². The number of alkyl halides is 2. The lowest BCUT2D eigenvalue weighted by Gasteiger charge is -2.07. The summed E-state index contributed by atoms with van der Waals surface area (Å²) in [6, 6.07) is 7.42. The number of halogens is 2. The summed E-state index contributed by atoms with van der Waals surface area (Å²) in [6.07, 6.45) is -2.39. The molecule has 0 N–H and O–H groups in total. The highest BCUT2D eigenvalue weighted by Crippen LogP contribution is 2.17. The summed E-state index contributed by atoms with van der Waals surface area (Å²) in [5.74, 6) is 0.401. The van der Waals surface area contributed by atoms with Crippen molar-refractivity contribution in [1.29, 1.82) is 0 Å². The molecule has 1 aromatic rings. The molecule has 13 heavy (non-hydrogen) atoms. The molecule has 1 aromatic carbocycles. The van der Waals surface area contributed by atoms with Crippen LogP contribution in [0.25, 0.3) is 0 Å². The van der Waals surface area contributed by atoms with Gasteiger partial charge in [0.2, 0.25) is 6.43 Å². The average molecular weight is 184 g/mol. The summed E-state index contributed by atoms with van der Waals surface area (Å²) >= 11 is 0. The summed E-state index contributed by atoms with van der Waals surface area (Å²) in [6.45, 7) is 4.11. The Labute approximate surface area is 77.6 Å². The van der Waals surface area contributed by atoms with E-state index in [0.717, 1.165) is 11.1 Å². The van der Waals surface area contributed by atoms with Gasteiger partial charge in [0.15, 0.2) is 0 Å². The minimum Gasteiger partial charge on any atom is -0.210 e. The first-order valence-electron chi connectivity index (χ1n) is 4.46. The lowest BCUT2D eigenvalue weighted by atomic mass is 10.00. The van der Waals surface area contributed by atoms with Gasteiger partial charge in [-0.25, -0.2) is 8.78 Å². The maximum atomic E-state index is 12.1. The van der Waals surface area contributed by atoms with Crippen LogP contribution in [0.2, 0.25) is 0 Å². The van der Waals surface area contributed by atoms with Crippen molar-refractivity contribution in [3.05, 3.63) is 35.4 Å². The van der Waals surface area contributed by atoms with Crippen molar-refractivity contribution in [1.82, 2.24) is 0 Å². The van der Waals surface area contributed by atoms with E-state index in [2.05, 4.69) is 13.8 Å². The second-order valence-electron chi connectivity index (χ2n) is 3.49. The number of rotatable bonds is 3. The van der Waals surface area contributed by atoms with Gasteiger partial charge in [-0.05, 0) is 17.0 Å². The quantitative estimate of drug-likeness (QED) is 0.673. The molecule has 2 heteroatoms. The maximum absolute atomic E-state index is 12.1. The Bertz CT molecular complexity index is 267. The largest absolute Gasteiger partial charge is 0.242 e. The van der Waals surface area contributed by atoms with Crippen LogP contribution in [0.15, 0.2) is 24.3 Å². The molecule has 0 saturated heterocycles. The van der Waals surface area contributed by atoms with E-state index >= 15 is 0 Å². The van der Waals surface area contributed by atoms with Crippen LogP contribution in [0, 0.1) is 0 Å². The Morgan fingerprint density at radius 3 is 2.46 bits per heavy atom. The molecule has 0 radical (unpaired) electrons. The van der Waals surface area contributed by atoms with E-state index in [4.69, 9.17) is 0 Å². The second kappa shape index (κ2) is 4.35. The molecule has 0 unspecified atom stereocenters. The fraction of sp³-hybridized carbons (Fsp3) is 0.455. The molecular formula is C11H14F2. The first-order valence-corrected chi connectivity index (χ1v) is 4.46. The van der Waals surface area contributed by atoms with Crippen LogP contribution in [0.3, 0.4) is 0 Å².